The molecule has 0 heterocycles. The van der Waals surface area contributed by atoms with E-state index < -0.39 is 5.41 Å². The predicted molar refractivity (Wildman–Crippen MR) is 98.4 cm³/mol. The van der Waals surface area contributed by atoms with Gasteiger partial charge in [-0.15, -0.1) is 0 Å². The Kier molecular flexibility index (Phi) is 4.85. The minimum Gasteiger partial charge on any atom is -0.457 e. The Morgan fingerprint density at radius 3 is 2.31 bits per heavy atom. The number of carbonyl (C=O) groups is 3. The summed E-state index contributed by atoms with van der Waals surface area (Å²) in [5.41, 5.74) is 1.79. The highest BCUT2D eigenvalue weighted by molar-refractivity contribution is 6.30. The second-order valence-electron chi connectivity index (χ2n) is 7.05. The van der Waals surface area contributed by atoms with Gasteiger partial charge in [-0.25, -0.2) is 4.79 Å². The van der Waals surface area contributed by atoms with Crippen molar-refractivity contribution in [3.8, 4) is 0 Å². The molecule has 4 heteroatoms. The normalized spacial score (nSPS) is 16.2. The van der Waals surface area contributed by atoms with E-state index in [1.54, 1.807) is 62.4 Å². The van der Waals surface area contributed by atoms with Crippen molar-refractivity contribution < 1.29 is 19.1 Å². The van der Waals surface area contributed by atoms with Crippen molar-refractivity contribution >= 4 is 23.1 Å². The molecule has 132 valence electrons. The first kappa shape index (κ1) is 17.8. The number of allylic oxidation sites excluding steroid dienone is 2. The molecule has 0 spiro atoms. The fourth-order valence-corrected chi connectivity index (χ4v) is 2.96. The lowest BCUT2D eigenvalue weighted by molar-refractivity contribution is -0.127. The lowest BCUT2D eigenvalue weighted by Gasteiger charge is -2.27. The van der Waals surface area contributed by atoms with Crippen LogP contribution in [0.4, 0.5) is 0 Å². The molecule has 0 radical (unpaired) electrons. The van der Waals surface area contributed by atoms with Crippen LogP contribution in [0.15, 0.2) is 60.7 Å². The Morgan fingerprint density at radius 1 is 1.00 bits per heavy atom. The number of ketones is 2. The molecule has 0 N–H and O–H groups in total. The van der Waals surface area contributed by atoms with Gasteiger partial charge in [-0.1, -0.05) is 56.3 Å². The van der Waals surface area contributed by atoms with E-state index in [1.165, 1.54) is 6.08 Å². The summed E-state index contributed by atoms with van der Waals surface area (Å²) in [4.78, 5) is 36.4. The lowest BCUT2D eigenvalue weighted by atomic mass is 9.74. The maximum atomic E-state index is 12.6. The highest BCUT2D eigenvalue weighted by atomic mass is 16.5. The van der Waals surface area contributed by atoms with Crippen LogP contribution in [-0.4, -0.2) is 17.5 Å². The maximum Gasteiger partial charge on any atom is 0.338 e. The molecular formula is C22H20O4. The number of esters is 1. The second kappa shape index (κ2) is 7.08. The molecule has 1 aliphatic carbocycles. The van der Waals surface area contributed by atoms with Gasteiger partial charge in [0.05, 0.1) is 5.56 Å². The van der Waals surface area contributed by atoms with E-state index >= 15 is 0 Å². The third-order valence-corrected chi connectivity index (χ3v) is 4.43. The first-order valence-electron chi connectivity index (χ1n) is 8.48. The summed E-state index contributed by atoms with van der Waals surface area (Å²) in [5.74, 6) is -0.446. The third kappa shape index (κ3) is 3.80. The van der Waals surface area contributed by atoms with Gasteiger partial charge >= 0.3 is 5.97 Å². The Bertz CT molecular complexity index is 874. The molecule has 0 bridgehead atoms. The van der Waals surface area contributed by atoms with Crippen molar-refractivity contribution in [2.24, 2.45) is 5.41 Å². The first-order valence-corrected chi connectivity index (χ1v) is 8.48. The van der Waals surface area contributed by atoms with E-state index in [1.807, 2.05) is 6.07 Å². The van der Waals surface area contributed by atoms with Crippen molar-refractivity contribution in [1.82, 2.24) is 0 Å². The molecule has 0 fully saturated rings. The molecule has 0 amide bonds. The molecule has 2 aromatic rings. The molecule has 0 unspecified atom stereocenters. The van der Waals surface area contributed by atoms with E-state index in [0.29, 0.717) is 16.7 Å². The zero-order valence-electron chi connectivity index (χ0n) is 14.8. The topological polar surface area (TPSA) is 60.4 Å². The fourth-order valence-electron chi connectivity index (χ4n) is 2.96. The van der Waals surface area contributed by atoms with Crippen molar-refractivity contribution in [2.45, 2.75) is 26.9 Å². The predicted octanol–water partition coefficient (Wildman–Crippen LogP) is 4.00. The summed E-state index contributed by atoms with van der Waals surface area (Å²) in [7, 11) is 0. The zero-order valence-corrected chi connectivity index (χ0v) is 14.8. The first-order chi connectivity index (χ1) is 12.4. The van der Waals surface area contributed by atoms with Crippen LogP contribution < -0.4 is 0 Å². The Morgan fingerprint density at radius 2 is 1.65 bits per heavy atom. The molecule has 4 nitrogen and oxygen atoms in total. The molecule has 0 aromatic heterocycles. The van der Waals surface area contributed by atoms with Gasteiger partial charge in [0, 0.05) is 17.4 Å². The van der Waals surface area contributed by atoms with Crippen LogP contribution in [-0.2, 0) is 20.9 Å². The number of hydrogen-bond acceptors (Lipinski definition) is 4. The van der Waals surface area contributed by atoms with Crippen LogP contribution in [0.25, 0.3) is 5.57 Å². The molecule has 0 aliphatic heterocycles. The van der Waals surface area contributed by atoms with E-state index in [9.17, 15) is 14.4 Å². The molecule has 2 aromatic carbocycles. The average molecular weight is 348 g/mol. The van der Waals surface area contributed by atoms with Crippen molar-refractivity contribution in [3.05, 3.63) is 77.4 Å². The second-order valence-corrected chi connectivity index (χ2v) is 7.05. The molecule has 0 saturated heterocycles. The Balaban J connectivity index is 1.70. The number of benzene rings is 2. The van der Waals surface area contributed by atoms with Gasteiger partial charge in [-0.2, -0.15) is 0 Å². The SMILES string of the molecule is CC1(C)CC(=O)C=C(c2ccc(COC(=O)c3ccccc3)cc2)C1=O. The van der Waals surface area contributed by atoms with Gasteiger partial charge in [-0.05, 0) is 29.3 Å². The van der Waals surface area contributed by atoms with Crippen LogP contribution in [0.1, 0.15) is 41.8 Å². The van der Waals surface area contributed by atoms with Crippen LogP contribution in [0.3, 0.4) is 0 Å². The van der Waals surface area contributed by atoms with Crippen molar-refractivity contribution in [3.63, 3.8) is 0 Å². The average Bonchev–Trinajstić information content (AvgIpc) is 2.63. The summed E-state index contributed by atoms with van der Waals surface area (Å²) < 4.78 is 5.30. The third-order valence-electron chi connectivity index (χ3n) is 4.43. The van der Waals surface area contributed by atoms with Gasteiger partial charge in [-0.3, -0.25) is 9.59 Å². The molecule has 26 heavy (non-hydrogen) atoms. The maximum absolute atomic E-state index is 12.6. The van der Waals surface area contributed by atoms with E-state index in [-0.39, 0.29) is 30.6 Å². The molecule has 1 aliphatic rings. The molecule has 0 atom stereocenters. The highest BCUT2D eigenvalue weighted by Gasteiger charge is 2.36. The van der Waals surface area contributed by atoms with Crippen molar-refractivity contribution in [1.29, 1.82) is 0 Å². The van der Waals surface area contributed by atoms with Gasteiger partial charge in [0.15, 0.2) is 11.6 Å². The van der Waals surface area contributed by atoms with Crippen LogP contribution in [0.2, 0.25) is 0 Å². The summed E-state index contributed by atoms with van der Waals surface area (Å²) in [6.07, 6.45) is 1.67. The standard InChI is InChI=1S/C22H20O4/c1-22(2)13-18(23)12-19(20(22)24)16-10-8-15(9-11-16)14-26-21(25)17-6-4-3-5-7-17/h3-12H,13-14H2,1-2H3. The Hall–Kier alpha value is -3.01. The van der Waals surface area contributed by atoms with Gasteiger partial charge in [0.1, 0.15) is 6.61 Å². The van der Waals surface area contributed by atoms with Crippen molar-refractivity contribution in [2.75, 3.05) is 0 Å². The van der Waals surface area contributed by atoms with Crippen LogP contribution in [0, 0.1) is 5.41 Å². The molecule has 0 saturated carbocycles. The van der Waals surface area contributed by atoms with E-state index in [2.05, 4.69) is 0 Å². The Labute approximate surface area is 152 Å². The van der Waals surface area contributed by atoms with Gasteiger partial charge < -0.3 is 4.74 Å². The summed E-state index contributed by atoms with van der Waals surface area (Å²) in [6, 6.07) is 16.0. The largest absolute Gasteiger partial charge is 0.457 e. The number of ether oxygens (including phenoxy) is 1. The molecular weight excluding hydrogens is 328 g/mol. The van der Waals surface area contributed by atoms with Crippen LogP contribution >= 0.6 is 0 Å². The van der Waals surface area contributed by atoms with Crippen LogP contribution in [0.5, 0.6) is 0 Å². The number of Topliss-reactive ketones (excluding diaryl/α,β-unsaturated/α-hetero) is 1. The van der Waals surface area contributed by atoms with Gasteiger partial charge in [0.25, 0.3) is 0 Å². The molecule has 3 rings (SSSR count). The summed E-state index contributed by atoms with van der Waals surface area (Å²) in [6.45, 7) is 3.72. The summed E-state index contributed by atoms with van der Waals surface area (Å²) in [5, 5.41) is 0. The minimum atomic E-state index is -0.676. The highest BCUT2D eigenvalue weighted by Crippen LogP contribution is 2.34. The zero-order chi connectivity index (χ0) is 18.7. The van der Waals surface area contributed by atoms with E-state index in [4.69, 9.17) is 4.74 Å². The number of carbonyl (C=O) groups excluding carboxylic acids is 3. The van der Waals surface area contributed by atoms with E-state index in [0.717, 1.165) is 5.56 Å². The smallest absolute Gasteiger partial charge is 0.338 e. The number of hydrogen-bond donors (Lipinski definition) is 0. The fraction of sp³-hybridized carbons (Fsp3) is 0.227. The summed E-state index contributed by atoms with van der Waals surface area (Å²) >= 11 is 0. The lowest BCUT2D eigenvalue weighted by Crippen LogP contribution is -2.31. The quantitative estimate of drug-likeness (QED) is 0.784. The number of rotatable bonds is 4. The van der Waals surface area contributed by atoms with Gasteiger partial charge in [0.2, 0.25) is 0 Å². The monoisotopic (exact) mass is 348 g/mol. The minimum absolute atomic E-state index is 0.0274.